The molecule has 2 fully saturated rings. The van der Waals surface area contributed by atoms with Gasteiger partial charge in [0.15, 0.2) is 5.82 Å². The third-order valence-electron chi connectivity index (χ3n) is 7.74. The molecule has 2 aromatic heterocycles. The van der Waals surface area contributed by atoms with Crippen LogP contribution in [0.3, 0.4) is 0 Å². The standard InChI is InChI=1S/C27H29FN6O/c28-20-4-1-5-23-19(20)13-24(34(23)14-16-6-7-16)26-31-22-12-17(11-21-25(22)33(26)10-8-30-21)27(35)32-9-2-3-18(29)15-32/h1,4-5,11-13,16,18,30H,2-3,6-10,14-15,29H2/t18-/m1/s1. The van der Waals surface area contributed by atoms with Gasteiger partial charge in [0.25, 0.3) is 5.91 Å². The van der Waals surface area contributed by atoms with Gasteiger partial charge in [-0.2, -0.15) is 0 Å². The van der Waals surface area contributed by atoms with Crippen LogP contribution in [0.5, 0.6) is 0 Å². The van der Waals surface area contributed by atoms with E-state index in [-0.39, 0.29) is 17.8 Å². The lowest BCUT2D eigenvalue weighted by Gasteiger charge is -2.31. The van der Waals surface area contributed by atoms with Crippen LogP contribution in [0.15, 0.2) is 36.4 Å². The van der Waals surface area contributed by atoms with E-state index in [4.69, 9.17) is 10.7 Å². The van der Waals surface area contributed by atoms with Crippen molar-refractivity contribution in [2.45, 2.75) is 44.8 Å². The summed E-state index contributed by atoms with van der Waals surface area (Å²) >= 11 is 0. The first kappa shape index (κ1) is 20.9. The number of anilines is 1. The summed E-state index contributed by atoms with van der Waals surface area (Å²) < 4.78 is 19.2. The quantitative estimate of drug-likeness (QED) is 0.467. The average molecular weight is 473 g/mol. The van der Waals surface area contributed by atoms with Crippen molar-refractivity contribution in [3.05, 3.63) is 47.8 Å². The molecular formula is C27H29FN6O. The molecule has 1 aliphatic carbocycles. The molecule has 7 rings (SSSR count). The Hall–Kier alpha value is -3.39. The number of benzene rings is 2. The molecule has 8 heteroatoms. The lowest BCUT2D eigenvalue weighted by Crippen LogP contribution is -2.45. The van der Waals surface area contributed by atoms with E-state index in [9.17, 15) is 9.18 Å². The Morgan fingerprint density at radius 1 is 1.17 bits per heavy atom. The minimum atomic E-state index is -0.206. The zero-order valence-electron chi connectivity index (χ0n) is 19.6. The van der Waals surface area contributed by atoms with Gasteiger partial charge in [0.1, 0.15) is 5.82 Å². The van der Waals surface area contributed by atoms with Crippen LogP contribution in [0.4, 0.5) is 10.1 Å². The lowest BCUT2D eigenvalue weighted by atomic mass is 10.0. The SMILES string of the molecule is N[C@@H]1CCCN(C(=O)c2cc3c4c(c2)nc(-c2cc5c(F)cccc5n2CC2CC2)n4CCN3)C1. The summed E-state index contributed by atoms with van der Waals surface area (Å²) in [5.41, 5.74) is 11.3. The van der Waals surface area contributed by atoms with Gasteiger partial charge < -0.3 is 25.1 Å². The highest BCUT2D eigenvalue weighted by Gasteiger charge is 2.29. The fourth-order valence-electron chi connectivity index (χ4n) is 5.81. The molecule has 7 nitrogen and oxygen atoms in total. The number of amides is 1. The normalized spacial score (nSPS) is 19.9. The Morgan fingerprint density at radius 2 is 2.06 bits per heavy atom. The van der Waals surface area contributed by atoms with Gasteiger partial charge in [-0.25, -0.2) is 9.37 Å². The molecule has 0 unspecified atom stereocenters. The first-order chi connectivity index (χ1) is 17.1. The zero-order valence-corrected chi connectivity index (χ0v) is 19.6. The Balaban J connectivity index is 1.38. The van der Waals surface area contributed by atoms with E-state index in [0.717, 1.165) is 72.8 Å². The van der Waals surface area contributed by atoms with E-state index < -0.39 is 0 Å². The third kappa shape index (κ3) is 3.42. The molecule has 1 atom stereocenters. The highest BCUT2D eigenvalue weighted by molar-refractivity contribution is 6.03. The number of carbonyl (C=O) groups excluding carboxylic acids is 1. The Kier molecular flexibility index (Phi) is 4.67. The number of nitrogens with two attached hydrogens (primary N) is 1. The van der Waals surface area contributed by atoms with Crippen molar-refractivity contribution in [1.29, 1.82) is 0 Å². The van der Waals surface area contributed by atoms with Crippen LogP contribution in [0.25, 0.3) is 33.5 Å². The molecule has 2 aliphatic heterocycles. The van der Waals surface area contributed by atoms with E-state index in [1.165, 1.54) is 18.9 Å². The molecule has 0 spiro atoms. The number of fused-ring (bicyclic) bond motifs is 1. The number of halogens is 1. The number of hydrogen-bond acceptors (Lipinski definition) is 4. The number of carbonyl (C=O) groups is 1. The molecule has 1 saturated heterocycles. The summed E-state index contributed by atoms with van der Waals surface area (Å²) in [6, 6.07) is 11.1. The number of imidazole rings is 1. The summed E-state index contributed by atoms with van der Waals surface area (Å²) in [7, 11) is 0. The summed E-state index contributed by atoms with van der Waals surface area (Å²) in [5, 5.41) is 4.10. The van der Waals surface area contributed by atoms with Gasteiger partial charge >= 0.3 is 0 Å². The second kappa shape index (κ2) is 7.81. The van der Waals surface area contributed by atoms with Crippen LogP contribution in [-0.4, -0.2) is 50.6 Å². The van der Waals surface area contributed by atoms with Gasteiger partial charge in [0, 0.05) is 49.7 Å². The summed E-state index contributed by atoms with van der Waals surface area (Å²) in [5.74, 6) is 1.27. The van der Waals surface area contributed by atoms with Crippen molar-refractivity contribution in [2.75, 3.05) is 25.0 Å². The second-order valence-electron chi connectivity index (χ2n) is 10.3. The van der Waals surface area contributed by atoms with Gasteiger partial charge in [-0.15, -0.1) is 0 Å². The number of likely N-dealkylation sites (tertiary alicyclic amines) is 1. The highest BCUT2D eigenvalue weighted by atomic mass is 19.1. The number of rotatable bonds is 4. The smallest absolute Gasteiger partial charge is 0.254 e. The molecule has 180 valence electrons. The Bertz CT molecular complexity index is 1480. The van der Waals surface area contributed by atoms with Gasteiger partial charge in [-0.05, 0) is 61.9 Å². The third-order valence-corrected chi connectivity index (χ3v) is 7.74. The van der Waals surface area contributed by atoms with E-state index in [0.29, 0.717) is 23.4 Å². The van der Waals surface area contributed by atoms with Crippen molar-refractivity contribution in [3.63, 3.8) is 0 Å². The van der Waals surface area contributed by atoms with Crippen molar-refractivity contribution in [3.8, 4) is 11.5 Å². The fraction of sp³-hybridized carbons (Fsp3) is 0.407. The maximum absolute atomic E-state index is 14.8. The predicted molar refractivity (Wildman–Crippen MR) is 135 cm³/mol. The van der Waals surface area contributed by atoms with Crippen LogP contribution in [0.1, 0.15) is 36.0 Å². The number of nitrogens with one attached hydrogen (secondary N) is 1. The minimum absolute atomic E-state index is 0.00620. The fourth-order valence-corrected chi connectivity index (χ4v) is 5.81. The maximum Gasteiger partial charge on any atom is 0.254 e. The van der Waals surface area contributed by atoms with E-state index in [2.05, 4.69) is 14.5 Å². The van der Waals surface area contributed by atoms with Crippen LogP contribution in [-0.2, 0) is 13.1 Å². The first-order valence-electron chi connectivity index (χ1n) is 12.7. The molecule has 4 aromatic rings. The van der Waals surface area contributed by atoms with Crippen LogP contribution in [0, 0.1) is 11.7 Å². The van der Waals surface area contributed by atoms with E-state index in [1.54, 1.807) is 6.07 Å². The number of aromatic nitrogens is 3. The highest BCUT2D eigenvalue weighted by Crippen LogP contribution is 2.39. The van der Waals surface area contributed by atoms with Crippen molar-refractivity contribution >= 4 is 33.5 Å². The number of hydrogen-bond donors (Lipinski definition) is 2. The van der Waals surface area contributed by atoms with Gasteiger partial charge in [-0.1, -0.05) is 6.07 Å². The molecule has 3 N–H and O–H groups in total. The number of nitrogens with zero attached hydrogens (tertiary/aromatic N) is 4. The van der Waals surface area contributed by atoms with Crippen LogP contribution >= 0.6 is 0 Å². The van der Waals surface area contributed by atoms with Gasteiger partial charge in [0.05, 0.1) is 27.9 Å². The lowest BCUT2D eigenvalue weighted by molar-refractivity contribution is 0.0709. The zero-order chi connectivity index (χ0) is 23.7. The predicted octanol–water partition coefficient (Wildman–Crippen LogP) is 4.20. The molecular weight excluding hydrogens is 443 g/mol. The Labute approximate surface area is 202 Å². The molecule has 1 amide bonds. The number of piperidine rings is 1. The average Bonchev–Trinajstić information content (AvgIpc) is 3.50. The molecule has 4 heterocycles. The largest absolute Gasteiger partial charge is 0.381 e. The molecule has 3 aliphatic rings. The van der Waals surface area contributed by atoms with Crippen molar-refractivity contribution in [2.24, 2.45) is 11.7 Å². The second-order valence-corrected chi connectivity index (χ2v) is 10.3. The molecule has 0 bridgehead atoms. The summed E-state index contributed by atoms with van der Waals surface area (Å²) in [4.78, 5) is 20.3. The van der Waals surface area contributed by atoms with Gasteiger partial charge in [0.2, 0.25) is 0 Å². The minimum Gasteiger partial charge on any atom is -0.381 e. The van der Waals surface area contributed by atoms with E-state index in [1.807, 2.05) is 29.2 Å². The summed E-state index contributed by atoms with van der Waals surface area (Å²) in [6.07, 6.45) is 4.31. The molecule has 35 heavy (non-hydrogen) atoms. The van der Waals surface area contributed by atoms with Crippen molar-refractivity contribution in [1.82, 2.24) is 19.0 Å². The van der Waals surface area contributed by atoms with Gasteiger partial charge in [-0.3, -0.25) is 4.79 Å². The maximum atomic E-state index is 14.8. The Morgan fingerprint density at radius 3 is 2.89 bits per heavy atom. The first-order valence-corrected chi connectivity index (χ1v) is 12.7. The van der Waals surface area contributed by atoms with Crippen LogP contribution in [0.2, 0.25) is 0 Å². The molecule has 1 saturated carbocycles. The monoisotopic (exact) mass is 472 g/mol. The van der Waals surface area contributed by atoms with Crippen molar-refractivity contribution < 1.29 is 9.18 Å². The van der Waals surface area contributed by atoms with Crippen LogP contribution < -0.4 is 11.1 Å². The van der Waals surface area contributed by atoms with E-state index >= 15 is 0 Å². The molecule has 0 radical (unpaired) electrons. The summed E-state index contributed by atoms with van der Waals surface area (Å²) in [6.45, 7) is 3.71. The molecule has 2 aromatic carbocycles. The topological polar surface area (TPSA) is 81.1 Å².